The SMILES string of the molecule is CCN1CCN(c2cc(Nc3ccc(OC)cc3OC)nc(C)n2)CC1. The van der Waals surface area contributed by atoms with Crippen molar-refractivity contribution in [2.75, 3.05) is 57.2 Å². The number of piperazine rings is 1. The predicted molar refractivity (Wildman–Crippen MR) is 104 cm³/mol. The topological polar surface area (TPSA) is 62.8 Å². The lowest BCUT2D eigenvalue weighted by Gasteiger charge is -2.34. The number of aryl methyl sites for hydroxylation is 1. The van der Waals surface area contributed by atoms with Crippen molar-refractivity contribution in [3.05, 3.63) is 30.1 Å². The Kier molecular flexibility index (Phi) is 5.78. The Bertz CT molecular complexity index is 745. The van der Waals surface area contributed by atoms with E-state index < -0.39 is 0 Å². The smallest absolute Gasteiger partial charge is 0.146 e. The van der Waals surface area contributed by atoms with Crippen molar-refractivity contribution < 1.29 is 9.47 Å². The van der Waals surface area contributed by atoms with Crippen LogP contribution in [0.15, 0.2) is 24.3 Å². The first kappa shape index (κ1) is 18.3. The predicted octanol–water partition coefficient (Wildman–Crippen LogP) is 2.69. The zero-order valence-electron chi connectivity index (χ0n) is 16.0. The van der Waals surface area contributed by atoms with Gasteiger partial charge in [0.05, 0.1) is 19.9 Å². The lowest BCUT2D eigenvalue weighted by Crippen LogP contribution is -2.46. The van der Waals surface area contributed by atoms with Crippen molar-refractivity contribution in [2.24, 2.45) is 0 Å². The van der Waals surface area contributed by atoms with E-state index in [-0.39, 0.29) is 0 Å². The standard InChI is InChI=1S/C19H27N5O2/c1-5-23-8-10-24(11-9-23)19-13-18(20-14(2)21-19)22-16-7-6-15(25-3)12-17(16)26-4/h6-7,12-13H,5,8-11H2,1-4H3,(H,20,21,22). The highest BCUT2D eigenvalue weighted by Crippen LogP contribution is 2.31. The van der Waals surface area contributed by atoms with Crippen molar-refractivity contribution >= 4 is 17.3 Å². The molecule has 1 aliphatic heterocycles. The van der Waals surface area contributed by atoms with Gasteiger partial charge in [-0.3, -0.25) is 0 Å². The molecule has 0 aliphatic carbocycles. The van der Waals surface area contributed by atoms with Crippen LogP contribution < -0.4 is 19.7 Å². The maximum Gasteiger partial charge on any atom is 0.146 e. The molecule has 0 spiro atoms. The largest absolute Gasteiger partial charge is 0.497 e. The molecule has 7 heteroatoms. The Morgan fingerprint density at radius 1 is 1.04 bits per heavy atom. The Labute approximate surface area is 155 Å². The number of hydrogen-bond acceptors (Lipinski definition) is 7. The maximum absolute atomic E-state index is 5.46. The third-order valence-electron chi connectivity index (χ3n) is 4.64. The molecule has 1 saturated heterocycles. The number of aromatic nitrogens is 2. The molecule has 0 atom stereocenters. The van der Waals surface area contributed by atoms with Crippen molar-refractivity contribution in [2.45, 2.75) is 13.8 Å². The summed E-state index contributed by atoms with van der Waals surface area (Å²) < 4.78 is 10.7. The second kappa shape index (κ2) is 8.23. The number of methoxy groups -OCH3 is 2. The molecule has 2 heterocycles. The zero-order valence-corrected chi connectivity index (χ0v) is 16.0. The number of nitrogens with one attached hydrogen (secondary N) is 1. The molecule has 0 bridgehead atoms. The fourth-order valence-electron chi connectivity index (χ4n) is 3.11. The van der Waals surface area contributed by atoms with Gasteiger partial charge in [0.25, 0.3) is 0 Å². The van der Waals surface area contributed by atoms with Crippen LogP contribution in [0, 0.1) is 6.92 Å². The van der Waals surface area contributed by atoms with E-state index in [0.717, 1.165) is 61.6 Å². The van der Waals surface area contributed by atoms with Gasteiger partial charge in [-0.1, -0.05) is 6.92 Å². The highest BCUT2D eigenvalue weighted by atomic mass is 16.5. The maximum atomic E-state index is 5.46. The molecule has 140 valence electrons. The summed E-state index contributed by atoms with van der Waals surface area (Å²) in [6, 6.07) is 7.66. The van der Waals surface area contributed by atoms with Crippen molar-refractivity contribution in [1.29, 1.82) is 0 Å². The Morgan fingerprint density at radius 2 is 1.81 bits per heavy atom. The summed E-state index contributed by atoms with van der Waals surface area (Å²) >= 11 is 0. The Balaban J connectivity index is 1.80. The number of nitrogens with zero attached hydrogens (tertiary/aromatic N) is 4. The summed E-state index contributed by atoms with van der Waals surface area (Å²) in [4.78, 5) is 13.9. The van der Waals surface area contributed by atoms with Crippen LogP contribution in [-0.4, -0.2) is 61.8 Å². The van der Waals surface area contributed by atoms with E-state index in [2.05, 4.69) is 32.0 Å². The zero-order chi connectivity index (χ0) is 18.5. The van der Waals surface area contributed by atoms with E-state index in [4.69, 9.17) is 9.47 Å². The average Bonchev–Trinajstić information content (AvgIpc) is 2.68. The van der Waals surface area contributed by atoms with Crippen molar-refractivity contribution in [3.63, 3.8) is 0 Å². The average molecular weight is 357 g/mol. The molecule has 0 saturated carbocycles. The molecule has 3 rings (SSSR count). The van der Waals surface area contributed by atoms with E-state index >= 15 is 0 Å². The van der Waals surface area contributed by atoms with Crippen LogP contribution in [0.1, 0.15) is 12.7 Å². The molecular weight excluding hydrogens is 330 g/mol. The van der Waals surface area contributed by atoms with Gasteiger partial charge in [-0.25, -0.2) is 9.97 Å². The van der Waals surface area contributed by atoms with E-state index in [1.54, 1.807) is 14.2 Å². The van der Waals surface area contributed by atoms with Crippen LogP contribution in [-0.2, 0) is 0 Å². The number of rotatable bonds is 6. The first-order chi connectivity index (χ1) is 12.6. The molecule has 2 aromatic rings. The van der Waals surface area contributed by atoms with Gasteiger partial charge in [-0.15, -0.1) is 0 Å². The second-order valence-electron chi connectivity index (χ2n) is 6.27. The second-order valence-corrected chi connectivity index (χ2v) is 6.27. The van der Waals surface area contributed by atoms with Crippen LogP contribution in [0.5, 0.6) is 11.5 Å². The quantitative estimate of drug-likeness (QED) is 0.853. The molecule has 1 aliphatic rings. The Morgan fingerprint density at radius 3 is 2.46 bits per heavy atom. The van der Waals surface area contributed by atoms with Crippen molar-refractivity contribution in [1.82, 2.24) is 14.9 Å². The number of hydrogen-bond donors (Lipinski definition) is 1. The van der Waals surface area contributed by atoms with E-state index in [1.807, 2.05) is 31.2 Å². The van der Waals surface area contributed by atoms with Crippen LogP contribution in [0.3, 0.4) is 0 Å². The molecular formula is C19H27N5O2. The number of anilines is 3. The normalized spacial score (nSPS) is 15.0. The third-order valence-corrected chi connectivity index (χ3v) is 4.64. The summed E-state index contributed by atoms with van der Waals surface area (Å²) in [6.07, 6.45) is 0. The summed E-state index contributed by atoms with van der Waals surface area (Å²) in [5.74, 6) is 3.92. The lowest BCUT2D eigenvalue weighted by atomic mass is 10.2. The minimum Gasteiger partial charge on any atom is -0.497 e. The van der Waals surface area contributed by atoms with Gasteiger partial charge < -0.3 is 24.6 Å². The van der Waals surface area contributed by atoms with Gasteiger partial charge in [0, 0.05) is 38.3 Å². The summed E-state index contributed by atoms with van der Waals surface area (Å²) in [5, 5.41) is 3.35. The highest BCUT2D eigenvalue weighted by molar-refractivity contribution is 5.67. The number of ether oxygens (including phenoxy) is 2. The van der Waals surface area contributed by atoms with Crippen LogP contribution in [0.2, 0.25) is 0 Å². The minimum atomic E-state index is 0.707. The molecule has 0 radical (unpaired) electrons. The molecule has 7 nitrogen and oxygen atoms in total. The highest BCUT2D eigenvalue weighted by Gasteiger charge is 2.18. The first-order valence-corrected chi connectivity index (χ1v) is 8.95. The molecule has 1 aromatic carbocycles. The lowest BCUT2D eigenvalue weighted by molar-refractivity contribution is 0.270. The molecule has 0 amide bonds. The third kappa shape index (κ3) is 4.16. The molecule has 26 heavy (non-hydrogen) atoms. The fraction of sp³-hybridized carbons (Fsp3) is 0.474. The van der Waals surface area contributed by atoms with Crippen molar-refractivity contribution in [3.8, 4) is 11.5 Å². The van der Waals surface area contributed by atoms with E-state index in [9.17, 15) is 0 Å². The van der Waals surface area contributed by atoms with E-state index in [1.165, 1.54) is 0 Å². The summed E-state index contributed by atoms with van der Waals surface area (Å²) in [5.41, 5.74) is 0.841. The van der Waals surface area contributed by atoms with Gasteiger partial charge in [0.15, 0.2) is 0 Å². The molecule has 1 fully saturated rings. The van der Waals surface area contributed by atoms with E-state index in [0.29, 0.717) is 5.75 Å². The number of benzene rings is 1. The monoisotopic (exact) mass is 357 g/mol. The minimum absolute atomic E-state index is 0.707. The fourth-order valence-corrected chi connectivity index (χ4v) is 3.11. The van der Waals surface area contributed by atoms with Gasteiger partial charge in [0.2, 0.25) is 0 Å². The summed E-state index contributed by atoms with van der Waals surface area (Å²) in [6.45, 7) is 9.31. The van der Waals surface area contributed by atoms with Crippen LogP contribution in [0.25, 0.3) is 0 Å². The first-order valence-electron chi connectivity index (χ1n) is 8.95. The van der Waals surface area contributed by atoms with Gasteiger partial charge in [-0.2, -0.15) is 0 Å². The van der Waals surface area contributed by atoms with Gasteiger partial charge in [-0.05, 0) is 25.6 Å². The molecule has 1 aromatic heterocycles. The number of likely N-dealkylation sites (N-methyl/N-ethyl adjacent to an activating group) is 1. The molecule has 1 N–H and O–H groups in total. The van der Waals surface area contributed by atoms with Crippen LogP contribution >= 0.6 is 0 Å². The van der Waals surface area contributed by atoms with Gasteiger partial charge in [0.1, 0.15) is 29.0 Å². The van der Waals surface area contributed by atoms with Gasteiger partial charge >= 0.3 is 0 Å². The summed E-state index contributed by atoms with van der Waals surface area (Å²) in [7, 11) is 3.28. The molecule has 0 unspecified atom stereocenters. The Hall–Kier alpha value is -2.54. The van der Waals surface area contributed by atoms with Crippen LogP contribution in [0.4, 0.5) is 17.3 Å².